The lowest BCUT2D eigenvalue weighted by atomic mass is 9.90. The van der Waals surface area contributed by atoms with E-state index in [1.807, 2.05) is 97.1 Å². The summed E-state index contributed by atoms with van der Waals surface area (Å²) >= 11 is -4.97. The normalized spacial score (nSPS) is 26.6. The summed E-state index contributed by atoms with van der Waals surface area (Å²) in [6, 6.07) is 27.0. The number of carbonyl (C=O) groups excluding carboxylic acids is 9. The number of hydrogen-bond donors (Lipinski definition) is 2. The van der Waals surface area contributed by atoms with Crippen LogP contribution in [0.4, 0.5) is 30.0 Å². The maximum absolute atomic E-state index is 15.2. The van der Waals surface area contributed by atoms with Gasteiger partial charge in [-0.25, -0.2) is 28.3 Å². The molecule has 23 nitrogen and oxygen atoms in total. The van der Waals surface area contributed by atoms with E-state index in [9.17, 15) is 54.8 Å². The fourth-order valence-corrected chi connectivity index (χ4v) is 16.6. The van der Waals surface area contributed by atoms with E-state index in [4.69, 9.17) is 43.1 Å². The number of ketones is 3. The van der Waals surface area contributed by atoms with Crippen molar-refractivity contribution >= 4 is 108 Å². The molecule has 29 heteroatoms. The summed E-state index contributed by atoms with van der Waals surface area (Å²) in [5.74, 6) is -6.01. The average Bonchev–Trinajstić information content (AvgIpc) is 1.58. The quantitative estimate of drug-likeness (QED) is 0.0528. The maximum Gasteiger partial charge on any atom is 0.408 e. The van der Waals surface area contributed by atoms with E-state index in [1.54, 1.807) is 55.4 Å². The predicted octanol–water partition coefficient (Wildman–Crippen LogP) is 14.9. The van der Waals surface area contributed by atoms with Crippen LogP contribution in [0, 0.1) is 22.7 Å². The first kappa shape index (κ1) is 83.1. The number of morpholine rings is 1. The largest absolute Gasteiger partial charge is 0.472 e. The van der Waals surface area contributed by atoms with Crippen molar-refractivity contribution in [3.05, 3.63) is 97.1 Å². The Morgan fingerprint density at radius 3 is 1.40 bits per heavy atom. The number of amides is 4. The van der Waals surface area contributed by atoms with Crippen molar-refractivity contribution in [1.82, 2.24) is 34.7 Å². The lowest BCUT2D eigenvalue weighted by molar-refractivity contribution is -0.153. The lowest BCUT2D eigenvalue weighted by Crippen LogP contribution is -2.53. The van der Waals surface area contributed by atoms with Crippen molar-refractivity contribution in [2.24, 2.45) is 22.7 Å². The molecule has 7 aliphatic rings. The van der Waals surface area contributed by atoms with Gasteiger partial charge in [-0.15, -0.1) is 11.7 Å². The van der Waals surface area contributed by atoms with Crippen molar-refractivity contribution in [2.45, 2.75) is 224 Å². The summed E-state index contributed by atoms with van der Waals surface area (Å²) in [4.78, 5) is 136. The highest BCUT2D eigenvalue weighted by molar-refractivity contribution is 8.18. The van der Waals surface area contributed by atoms with Crippen LogP contribution in [0.3, 0.4) is 0 Å². The van der Waals surface area contributed by atoms with Crippen LogP contribution in [0.25, 0.3) is 43.4 Å². The number of carbonyl (C=O) groups is 9. The van der Waals surface area contributed by atoms with Crippen molar-refractivity contribution in [3.63, 3.8) is 0 Å². The molecule has 2 aromatic heterocycles. The molecule has 0 unspecified atom stereocenters. The second-order valence-corrected chi connectivity index (χ2v) is 33.4. The van der Waals surface area contributed by atoms with Crippen LogP contribution in [0.1, 0.15) is 171 Å². The lowest BCUT2D eigenvalue weighted by Gasteiger charge is -2.30. The van der Waals surface area contributed by atoms with E-state index in [0.29, 0.717) is 67.4 Å². The van der Waals surface area contributed by atoms with Gasteiger partial charge in [-0.3, -0.25) is 33.6 Å². The second-order valence-electron chi connectivity index (χ2n) is 32.1. The van der Waals surface area contributed by atoms with Crippen molar-refractivity contribution in [3.8, 4) is 11.8 Å². The van der Waals surface area contributed by atoms with E-state index < -0.39 is 130 Å². The first-order valence-electron chi connectivity index (χ1n) is 38.7. The molecule has 111 heavy (non-hydrogen) atoms. The Bertz CT molecular complexity index is 4420. The molecule has 10 atom stereocenters. The fraction of sp³-hybridized carbons (Fsp3) is 0.573. The first-order chi connectivity index (χ1) is 52.7. The Morgan fingerprint density at radius 1 is 0.550 bits per heavy atom. The monoisotopic (exact) mass is 1570 g/mol. The van der Waals surface area contributed by atoms with E-state index in [1.165, 1.54) is 9.80 Å². The minimum absolute atomic E-state index is 0.00116. The molecule has 2 saturated carbocycles. The third-order valence-electron chi connectivity index (χ3n) is 21.6. The highest BCUT2D eigenvalue weighted by Crippen LogP contribution is 2.62. The summed E-state index contributed by atoms with van der Waals surface area (Å²) in [6.45, 7) is 14.4. The molecule has 5 aliphatic heterocycles. The molecule has 4 aromatic carbocycles. The Labute approximate surface area is 645 Å². The molecule has 602 valence electrons. The number of Topliss-reactive ketones (excluding diaryl/α,β-unsaturated/α-hetero) is 3. The fourth-order valence-electron chi connectivity index (χ4n) is 16.0. The number of para-hydroxylation sites is 2. The number of esters is 2. The van der Waals surface area contributed by atoms with Gasteiger partial charge in [0.2, 0.25) is 29.5 Å². The molecule has 6 aromatic rings. The number of benzene rings is 4. The number of rotatable bonds is 11. The number of nitrogens with zero attached hydrogens (tertiary/aromatic N) is 5. The van der Waals surface area contributed by atoms with Crippen LogP contribution >= 0.6 is 11.4 Å². The third-order valence-corrected chi connectivity index (χ3v) is 22.5. The smallest absolute Gasteiger partial charge is 0.408 e. The van der Waals surface area contributed by atoms with Crippen LogP contribution in [0.15, 0.2) is 97.1 Å². The number of alkyl halides is 2. The van der Waals surface area contributed by atoms with Gasteiger partial charge < -0.3 is 53.6 Å². The van der Waals surface area contributed by atoms with Gasteiger partial charge in [-0.2, -0.15) is 4.31 Å². The Balaban J connectivity index is 0.000000195. The van der Waals surface area contributed by atoms with E-state index in [0.717, 1.165) is 43.4 Å². The topological polar surface area (TPSA) is 278 Å². The van der Waals surface area contributed by atoms with Crippen molar-refractivity contribution < 1.29 is 96.7 Å². The van der Waals surface area contributed by atoms with Gasteiger partial charge in [0.05, 0.1) is 73.5 Å². The van der Waals surface area contributed by atoms with Gasteiger partial charge in [0.25, 0.3) is 11.4 Å². The molecule has 13 rings (SSSR count). The van der Waals surface area contributed by atoms with Gasteiger partial charge in [0, 0.05) is 86.0 Å². The Morgan fingerprint density at radius 2 is 0.964 bits per heavy atom. The molecule has 0 radical (unpaired) electrons. The predicted molar refractivity (Wildman–Crippen MR) is 406 cm³/mol. The van der Waals surface area contributed by atoms with Crippen molar-refractivity contribution in [2.75, 3.05) is 52.6 Å². The van der Waals surface area contributed by atoms with Crippen LogP contribution in [0.2, 0.25) is 0 Å². The van der Waals surface area contributed by atoms with Gasteiger partial charge >= 0.3 is 24.1 Å². The Kier molecular flexibility index (Phi) is 26.2. The molecule has 7 fully saturated rings. The van der Waals surface area contributed by atoms with Gasteiger partial charge in [-0.1, -0.05) is 98.5 Å². The summed E-state index contributed by atoms with van der Waals surface area (Å²) in [7, 11) is 0. The van der Waals surface area contributed by atoms with Gasteiger partial charge in [-0.05, 0) is 141 Å². The number of nitrogens with one attached hydrogen (secondary N) is 2. The maximum atomic E-state index is 15.2. The molecule has 4 amide bonds. The molecule has 5 saturated heterocycles. The van der Waals surface area contributed by atoms with Gasteiger partial charge in [0.1, 0.15) is 41.3 Å². The van der Waals surface area contributed by atoms with E-state index in [2.05, 4.69) is 10.6 Å². The number of hydrogen-bond acceptors (Lipinski definition) is 19. The summed E-state index contributed by atoms with van der Waals surface area (Å²) in [5, 5.41) is 10.9. The van der Waals surface area contributed by atoms with Crippen LogP contribution < -0.4 is 20.1 Å². The number of fused-ring (bicyclic) bond motifs is 10. The highest BCUT2D eigenvalue weighted by Gasteiger charge is 2.65. The third kappa shape index (κ3) is 20.7. The van der Waals surface area contributed by atoms with Crippen LogP contribution in [0.5, 0.6) is 11.8 Å². The second kappa shape index (κ2) is 35.1. The molecule has 2 aliphatic carbocycles. The zero-order valence-electron chi connectivity index (χ0n) is 64.3. The first-order valence-corrected chi connectivity index (χ1v) is 40.0. The Hall–Kier alpha value is -8.83. The summed E-state index contributed by atoms with van der Waals surface area (Å²) in [5.41, 5.74) is -2.61. The van der Waals surface area contributed by atoms with Crippen LogP contribution in [-0.2, 0) is 57.2 Å². The molecule has 0 spiro atoms. The zero-order valence-corrected chi connectivity index (χ0v) is 65.1. The molecule has 2 N–H and O–H groups in total. The summed E-state index contributed by atoms with van der Waals surface area (Å²) < 4.78 is 106. The highest BCUT2D eigenvalue weighted by atomic mass is 32.3. The van der Waals surface area contributed by atoms with Crippen LogP contribution in [-0.4, -0.2) is 183 Å². The standard InChI is InChI=1S/C39H47F2N3O7.C39H47N3O8.C4H8F3NOS/c1-5-49-35(47)38-20-24(38)21-39(40,41)18-12-6-7-17-30(43-36(48)51-37(2,3)4)34(46)44-23-25(19-31(44)32(45)22-38)50-33-28-15-9-8-13-26(28)27-14-10-11-16-29(27)42-33;1-5-48-36(46)39-21-24(39)19-25(43)13-7-6-8-18-31(41-37(47)50-38(2,3)4)35(45)42-23-26(20-32(42)33(44)22-39)49-34-29-16-10-9-14-27(29)28-15-11-12-17-30(28)40-34;5-10(6,7)8-1-3-9-4-2-8/h8-11,13-16,24-25,30-31H,5-7,12,17-23H2,1-4H3,(H,43,48);9-12,14-17,24,26,31-32H,5-8,13,18-23H2,1-4H3,(H,41,47);1-4H2/t24-,25+,30-,31-,38+;24-,26-,31+,32+,39-;/m01./s1. The molecule has 0 bridgehead atoms. The molecule has 7 heterocycles. The average molecular weight is 1570 g/mol. The SMILES string of the molecule is CCOC(=O)[C@]12CC(=O)[C@@H]3C[C@@H](Oc4nc5ccccc5c5ccccc45)CN3C(=O)[C@@H](NC(=O)OC(C)(C)C)CCCCCC(=O)C[C@@H]1C2.CCOC(=O)[C@]12CC(=O)[C@@H]3C[C@@H](Oc4nc5ccccc5c5ccccc45)CN3C(=O)[C@@H](NC(=O)OC(C)(C)C)CCCCCC(F)(F)C[C@@H]1C2.FS(F)(F)N1CCOCC1. The minimum atomic E-state index is -4.97. The number of halogens is 5. The molecular formula is C82H102F5N7O16S. The zero-order chi connectivity index (χ0) is 79.8. The van der Waals surface area contributed by atoms with Crippen molar-refractivity contribution in [1.29, 1.82) is 0 Å². The number of pyridine rings is 2. The van der Waals surface area contributed by atoms with E-state index in [-0.39, 0.29) is 128 Å². The summed E-state index contributed by atoms with van der Waals surface area (Å²) in [6.07, 6.45) is 0.516. The minimum Gasteiger partial charge on any atom is -0.472 e. The van der Waals surface area contributed by atoms with Gasteiger partial charge in [0.15, 0.2) is 11.6 Å². The van der Waals surface area contributed by atoms with E-state index >= 15 is 8.78 Å². The number of ether oxygens (including phenoxy) is 7. The molecular weight excluding hydrogens is 1470 g/mol. The number of aromatic nitrogens is 2. The number of alkyl carbamates (subject to hydrolysis) is 2.